The number of nitrogens with zero attached hydrogens (tertiary/aromatic N) is 1. The van der Waals surface area contributed by atoms with Gasteiger partial charge in [-0.05, 0) is 18.8 Å². The van der Waals surface area contributed by atoms with Crippen LogP contribution >= 0.6 is 0 Å². The molecule has 0 aromatic carbocycles. The molecule has 0 amide bonds. The summed E-state index contributed by atoms with van der Waals surface area (Å²) in [4.78, 5) is 4.12. The Bertz CT molecular complexity index is 378. The highest BCUT2D eigenvalue weighted by molar-refractivity contribution is 7.90. The minimum Gasteiger partial charge on any atom is -0.356 e. The molecule has 0 radical (unpaired) electrons. The minimum absolute atomic E-state index is 0.215. The van der Waals surface area contributed by atoms with Crippen LogP contribution < -0.4 is 10.6 Å². The maximum Gasteiger partial charge on any atom is 0.190 e. The molecule has 0 unspecified atom stereocenters. The third kappa shape index (κ3) is 15.4. The molecule has 0 saturated heterocycles. The molecule has 0 saturated carbocycles. The second-order valence-electron chi connectivity index (χ2n) is 6.01. The molecule has 0 aliphatic carbocycles. The van der Waals surface area contributed by atoms with Gasteiger partial charge in [-0.3, -0.25) is 4.99 Å². The van der Waals surface area contributed by atoms with Crippen LogP contribution in [0, 0.1) is 5.92 Å². The first-order chi connectivity index (χ1) is 9.85. The molecule has 2 N–H and O–H groups in total. The molecule has 21 heavy (non-hydrogen) atoms. The van der Waals surface area contributed by atoms with Crippen molar-refractivity contribution in [2.45, 2.75) is 52.4 Å². The molecule has 0 spiro atoms. The van der Waals surface area contributed by atoms with E-state index in [-0.39, 0.29) is 5.75 Å². The van der Waals surface area contributed by atoms with Crippen molar-refractivity contribution in [3.63, 3.8) is 0 Å². The molecule has 0 rings (SSSR count). The molecule has 0 aromatic heterocycles. The normalized spacial score (nSPS) is 12.7. The van der Waals surface area contributed by atoms with Gasteiger partial charge in [0.05, 0.1) is 5.75 Å². The molecule has 0 fully saturated rings. The van der Waals surface area contributed by atoms with E-state index in [2.05, 4.69) is 29.5 Å². The Kier molecular flexibility index (Phi) is 11.4. The van der Waals surface area contributed by atoms with Crippen molar-refractivity contribution in [2.75, 3.05) is 32.1 Å². The maximum atomic E-state index is 11.0. The number of hydrogen-bond donors (Lipinski definition) is 2. The van der Waals surface area contributed by atoms with Gasteiger partial charge in [0.1, 0.15) is 9.84 Å². The van der Waals surface area contributed by atoms with Gasteiger partial charge in [0.25, 0.3) is 0 Å². The van der Waals surface area contributed by atoms with Gasteiger partial charge < -0.3 is 10.6 Å². The van der Waals surface area contributed by atoms with E-state index < -0.39 is 9.84 Å². The Hall–Kier alpha value is -0.780. The molecule has 0 heterocycles. The first kappa shape index (κ1) is 20.2. The number of hydrogen-bond acceptors (Lipinski definition) is 3. The van der Waals surface area contributed by atoms with E-state index in [4.69, 9.17) is 0 Å². The quantitative estimate of drug-likeness (QED) is 0.348. The van der Waals surface area contributed by atoms with Gasteiger partial charge in [0.15, 0.2) is 5.96 Å². The largest absolute Gasteiger partial charge is 0.356 e. The molecule has 0 aromatic rings. The van der Waals surface area contributed by atoms with Crippen molar-refractivity contribution in [3.05, 3.63) is 0 Å². The summed E-state index contributed by atoms with van der Waals surface area (Å²) in [5.41, 5.74) is 0. The Balaban J connectivity index is 3.54. The number of unbranched alkanes of at least 4 members (excludes halogenated alkanes) is 3. The van der Waals surface area contributed by atoms with E-state index in [9.17, 15) is 8.42 Å². The van der Waals surface area contributed by atoms with Crippen LogP contribution in [-0.4, -0.2) is 46.5 Å². The Morgan fingerprint density at radius 2 is 1.57 bits per heavy atom. The van der Waals surface area contributed by atoms with Crippen molar-refractivity contribution in [2.24, 2.45) is 10.9 Å². The van der Waals surface area contributed by atoms with Crippen LogP contribution in [0.5, 0.6) is 0 Å². The number of guanidine groups is 1. The second-order valence-corrected chi connectivity index (χ2v) is 8.27. The van der Waals surface area contributed by atoms with E-state index in [0.717, 1.165) is 24.8 Å². The van der Waals surface area contributed by atoms with Crippen LogP contribution in [0.4, 0.5) is 0 Å². The fraction of sp³-hybridized carbons (Fsp3) is 0.933. The van der Waals surface area contributed by atoms with Crippen LogP contribution in [-0.2, 0) is 9.84 Å². The van der Waals surface area contributed by atoms with E-state index in [1.165, 1.54) is 31.9 Å². The summed E-state index contributed by atoms with van der Waals surface area (Å²) >= 11 is 0. The van der Waals surface area contributed by atoms with E-state index in [0.29, 0.717) is 13.0 Å². The number of aliphatic imine (C=N–C) groups is 1. The van der Waals surface area contributed by atoms with Crippen LogP contribution in [0.15, 0.2) is 4.99 Å². The molecular weight excluding hydrogens is 286 g/mol. The monoisotopic (exact) mass is 319 g/mol. The Morgan fingerprint density at radius 1 is 1.00 bits per heavy atom. The van der Waals surface area contributed by atoms with Crippen molar-refractivity contribution >= 4 is 15.8 Å². The molecular formula is C15H33N3O2S. The van der Waals surface area contributed by atoms with Crippen LogP contribution in [0.2, 0.25) is 0 Å². The van der Waals surface area contributed by atoms with Crippen LogP contribution in [0.1, 0.15) is 52.4 Å². The third-order valence-corrected chi connectivity index (χ3v) is 4.24. The molecule has 5 nitrogen and oxygen atoms in total. The Labute approximate surface area is 130 Å². The van der Waals surface area contributed by atoms with Crippen LogP contribution in [0.25, 0.3) is 0 Å². The average molecular weight is 320 g/mol. The summed E-state index contributed by atoms with van der Waals surface area (Å²) in [6.07, 6.45) is 8.17. The maximum absolute atomic E-state index is 11.0. The van der Waals surface area contributed by atoms with Gasteiger partial charge in [-0.15, -0.1) is 0 Å². The minimum atomic E-state index is -2.87. The zero-order valence-electron chi connectivity index (χ0n) is 14.1. The van der Waals surface area contributed by atoms with E-state index in [1.807, 2.05) is 0 Å². The van der Waals surface area contributed by atoms with Gasteiger partial charge in [-0.25, -0.2) is 8.42 Å². The van der Waals surface area contributed by atoms with Crippen LogP contribution in [0.3, 0.4) is 0 Å². The summed E-state index contributed by atoms with van der Waals surface area (Å²) < 4.78 is 22.0. The zero-order valence-corrected chi connectivity index (χ0v) is 14.9. The predicted molar refractivity (Wildman–Crippen MR) is 91.6 cm³/mol. The topological polar surface area (TPSA) is 70.6 Å². The van der Waals surface area contributed by atoms with Gasteiger partial charge in [0, 0.05) is 26.4 Å². The van der Waals surface area contributed by atoms with Crippen molar-refractivity contribution in [3.8, 4) is 0 Å². The molecule has 0 aliphatic heterocycles. The SMILES string of the molecule is CN=C(NCCCCCCC(C)C)NCCCS(C)(=O)=O. The summed E-state index contributed by atoms with van der Waals surface area (Å²) in [6.45, 7) is 6.07. The summed E-state index contributed by atoms with van der Waals surface area (Å²) in [6, 6.07) is 0. The molecule has 0 bridgehead atoms. The highest BCUT2D eigenvalue weighted by atomic mass is 32.2. The second kappa shape index (κ2) is 11.8. The van der Waals surface area contributed by atoms with Crippen molar-refractivity contribution < 1.29 is 8.42 Å². The standard InChI is InChI=1S/C15H33N3O2S/c1-14(2)10-7-5-6-8-11-17-15(16-3)18-12-9-13-21(4,19)20/h14H,5-13H2,1-4H3,(H2,16,17,18). The summed E-state index contributed by atoms with van der Waals surface area (Å²) in [5, 5.41) is 6.39. The first-order valence-electron chi connectivity index (χ1n) is 7.97. The Morgan fingerprint density at radius 3 is 2.10 bits per heavy atom. The lowest BCUT2D eigenvalue weighted by atomic mass is 10.0. The van der Waals surface area contributed by atoms with Gasteiger partial charge in [0.2, 0.25) is 0 Å². The number of rotatable bonds is 11. The lowest BCUT2D eigenvalue weighted by molar-refractivity contribution is 0.518. The summed E-state index contributed by atoms with van der Waals surface area (Å²) in [5.74, 6) is 1.77. The molecule has 126 valence electrons. The van der Waals surface area contributed by atoms with Crippen molar-refractivity contribution in [1.29, 1.82) is 0 Å². The number of sulfone groups is 1. The molecule has 0 aliphatic rings. The fourth-order valence-electron chi connectivity index (χ4n) is 2.00. The van der Waals surface area contributed by atoms with E-state index >= 15 is 0 Å². The predicted octanol–water partition coefficient (Wildman–Crippen LogP) is 2.19. The van der Waals surface area contributed by atoms with Crippen molar-refractivity contribution in [1.82, 2.24) is 10.6 Å². The third-order valence-electron chi connectivity index (χ3n) is 3.21. The zero-order chi connectivity index (χ0) is 16.1. The highest BCUT2D eigenvalue weighted by Gasteiger charge is 2.02. The molecule has 0 atom stereocenters. The van der Waals surface area contributed by atoms with E-state index in [1.54, 1.807) is 7.05 Å². The van der Waals surface area contributed by atoms with Gasteiger partial charge in [-0.2, -0.15) is 0 Å². The lowest BCUT2D eigenvalue weighted by Gasteiger charge is -2.11. The fourth-order valence-corrected chi connectivity index (χ4v) is 2.67. The number of nitrogens with one attached hydrogen (secondary N) is 2. The average Bonchev–Trinajstić information content (AvgIpc) is 2.38. The summed E-state index contributed by atoms with van der Waals surface area (Å²) in [7, 11) is -1.13. The van der Waals surface area contributed by atoms with Gasteiger partial charge in [-0.1, -0.05) is 39.5 Å². The van der Waals surface area contributed by atoms with Gasteiger partial charge >= 0.3 is 0 Å². The first-order valence-corrected chi connectivity index (χ1v) is 10.0. The molecule has 6 heteroatoms. The highest BCUT2D eigenvalue weighted by Crippen LogP contribution is 2.08. The smallest absolute Gasteiger partial charge is 0.190 e. The lowest BCUT2D eigenvalue weighted by Crippen LogP contribution is -2.38.